The summed E-state index contributed by atoms with van der Waals surface area (Å²) >= 11 is 0. The van der Waals surface area contributed by atoms with Crippen molar-refractivity contribution in [2.45, 2.75) is 11.4 Å². The van der Waals surface area contributed by atoms with Crippen LogP contribution in [-0.4, -0.2) is 31.1 Å². The first kappa shape index (κ1) is 17.6. The number of hydrogen-bond acceptors (Lipinski definition) is 5. The molecule has 1 heterocycles. The molecule has 0 bridgehead atoms. The quantitative estimate of drug-likeness (QED) is 0.865. The van der Waals surface area contributed by atoms with E-state index >= 15 is 0 Å². The van der Waals surface area contributed by atoms with E-state index in [1.54, 1.807) is 24.3 Å². The first-order valence-corrected chi connectivity index (χ1v) is 8.89. The molecule has 0 saturated carbocycles. The maximum absolute atomic E-state index is 13.3. The normalized spacial score (nSPS) is 14.6. The van der Waals surface area contributed by atoms with Gasteiger partial charge in [-0.05, 0) is 35.9 Å². The Hall–Kier alpha value is -3.25. The van der Waals surface area contributed by atoms with Crippen molar-refractivity contribution in [1.82, 2.24) is 9.62 Å². The number of carbonyl (C=O) groups excluding carboxylic acids is 2. The Balaban J connectivity index is 1.70. The second-order valence-corrected chi connectivity index (χ2v) is 7.37. The Bertz CT molecular complexity index is 1040. The topological polar surface area (TPSA) is 107 Å². The number of sulfonamides is 1. The average Bonchev–Trinajstić information content (AvgIpc) is 2.81. The van der Waals surface area contributed by atoms with Crippen LogP contribution < -0.4 is 5.32 Å². The number of nitrogens with zero attached hydrogens (tertiary/aromatic N) is 2. The fourth-order valence-electron chi connectivity index (χ4n) is 2.49. The summed E-state index contributed by atoms with van der Waals surface area (Å²) in [7, 11) is -4.26. The largest absolute Gasteiger partial charge is 0.350 e. The molecule has 1 aliphatic heterocycles. The van der Waals surface area contributed by atoms with Gasteiger partial charge in [0.1, 0.15) is 17.3 Å². The van der Waals surface area contributed by atoms with Gasteiger partial charge in [-0.2, -0.15) is 5.26 Å². The Morgan fingerprint density at radius 2 is 1.88 bits per heavy atom. The number of benzene rings is 2. The number of nitrogens with one attached hydrogen (secondary N) is 1. The van der Waals surface area contributed by atoms with Crippen LogP contribution in [0, 0.1) is 17.1 Å². The summed E-state index contributed by atoms with van der Waals surface area (Å²) in [6, 6.07) is 11.3. The lowest BCUT2D eigenvalue weighted by atomic mass is 10.1. The summed E-state index contributed by atoms with van der Waals surface area (Å²) in [4.78, 5) is 23.8. The molecule has 0 unspecified atom stereocenters. The van der Waals surface area contributed by atoms with E-state index in [2.05, 4.69) is 5.32 Å². The van der Waals surface area contributed by atoms with Gasteiger partial charge in [-0.1, -0.05) is 12.1 Å². The molecule has 3 rings (SSSR count). The summed E-state index contributed by atoms with van der Waals surface area (Å²) in [5.41, 5.74) is 1.02. The van der Waals surface area contributed by atoms with E-state index in [0.717, 1.165) is 18.2 Å². The highest BCUT2D eigenvalue weighted by Crippen LogP contribution is 2.30. The fraction of sp³-hybridized carbons (Fsp3) is 0.118. The SMILES string of the molecule is N#Cc1ccc(CNC(=O)CN2C(=O)c3ccc(F)cc3S2(=O)=O)cc1. The van der Waals surface area contributed by atoms with Crippen molar-refractivity contribution in [2.24, 2.45) is 0 Å². The van der Waals surface area contributed by atoms with E-state index in [1.165, 1.54) is 0 Å². The van der Waals surface area contributed by atoms with Crippen molar-refractivity contribution in [3.63, 3.8) is 0 Å². The molecule has 26 heavy (non-hydrogen) atoms. The van der Waals surface area contributed by atoms with Crippen molar-refractivity contribution in [3.05, 3.63) is 65.0 Å². The molecule has 132 valence electrons. The highest BCUT2D eigenvalue weighted by Gasteiger charge is 2.42. The van der Waals surface area contributed by atoms with Gasteiger partial charge in [0.25, 0.3) is 15.9 Å². The minimum Gasteiger partial charge on any atom is -0.350 e. The fourth-order valence-corrected chi connectivity index (χ4v) is 4.03. The molecule has 2 amide bonds. The van der Waals surface area contributed by atoms with Crippen molar-refractivity contribution >= 4 is 21.8 Å². The predicted molar refractivity (Wildman–Crippen MR) is 87.6 cm³/mol. The lowest BCUT2D eigenvalue weighted by Crippen LogP contribution is -2.40. The Morgan fingerprint density at radius 1 is 1.19 bits per heavy atom. The summed E-state index contributed by atoms with van der Waals surface area (Å²) in [5, 5.41) is 11.2. The first-order chi connectivity index (χ1) is 12.3. The van der Waals surface area contributed by atoms with E-state index in [4.69, 9.17) is 5.26 Å². The van der Waals surface area contributed by atoms with Crippen LogP contribution in [0.4, 0.5) is 4.39 Å². The molecule has 1 aliphatic rings. The zero-order chi connectivity index (χ0) is 18.9. The maximum atomic E-state index is 13.3. The third-order valence-electron chi connectivity index (χ3n) is 3.83. The molecule has 0 fully saturated rings. The number of rotatable bonds is 4. The molecule has 2 aromatic carbocycles. The van der Waals surface area contributed by atoms with E-state index in [0.29, 0.717) is 15.4 Å². The van der Waals surface area contributed by atoms with Crippen LogP contribution in [0.15, 0.2) is 47.4 Å². The second kappa shape index (κ2) is 6.57. The summed E-state index contributed by atoms with van der Waals surface area (Å²) in [5.74, 6) is -2.33. The predicted octanol–water partition coefficient (Wildman–Crippen LogP) is 1.16. The smallest absolute Gasteiger partial charge is 0.269 e. The molecule has 2 aromatic rings. The van der Waals surface area contributed by atoms with Crippen LogP contribution in [0.1, 0.15) is 21.5 Å². The van der Waals surface area contributed by atoms with E-state index in [1.807, 2.05) is 6.07 Å². The Labute approximate surface area is 148 Å². The van der Waals surface area contributed by atoms with Crippen molar-refractivity contribution < 1.29 is 22.4 Å². The van der Waals surface area contributed by atoms with E-state index in [9.17, 15) is 22.4 Å². The molecule has 1 N–H and O–H groups in total. The summed E-state index contributed by atoms with van der Waals surface area (Å²) < 4.78 is 38.4. The van der Waals surface area contributed by atoms with E-state index in [-0.39, 0.29) is 12.1 Å². The van der Waals surface area contributed by atoms with Crippen LogP contribution in [0.3, 0.4) is 0 Å². The van der Waals surface area contributed by atoms with Crippen LogP contribution in [0.2, 0.25) is 0 Å². The van der Waals surface area contributed by atoms with Gasteiger partial charge in [0.05, 0.1) is 17.2 Å². The monoisotopic (exact) mass is 373 g/mol. The van der Waals surface area contributed by atoms with Gasteiger partial charge in [-0.3, -0.25) is 9.59 Å². The average molecular weight is 373 g/mol. The van der Waals surface area contributed by atoms with Crippen LogP contribution in [0.5, 0.6) is 0 Å². The van der Waals surface area contributed by atoms with Crippen molar-refractivity contribution in [3.8, 4) is 6.07 Å². The highest BCUT2D eigenvalue weighted by atomic mass is 32.2. The van der Waals surface area contributed by atoms with Gasteiger partial charge < -0.3 is 5.32 Å². The zero-order valence-electron chi connectivity index (χ0n) is 13.3. The standard InChI is InChI=1S/C17H12FN3O4S/c18-13-5-6-14-15(7-13)26(24,25)21(17(14)23)10-16(22)20-9-12-3-1-11(8-19)2-4-12/h1-7H,9-10H2,(H,20,22). The van der Waals surface area contributed by atoms with Gasteiger partial charge in [0.2, 0.25) is 5.91 Å². The van der Waals surface area contributed by atoms with Gasteiger partial charge in [0, 0.05) is 6.54 Å². The second-order valence-electron chi connectivity index (χ2n) is 5.54. The third-order valence-corrected chi connectivity index (χ3v) is 5.60. The molecular weight excluding hydrogens is 361 g/mol. The van der Waals surface area contributed by atoms with E-state index < -0.39 is 39.1 Å². The van der Waals surface area contributed by atoms with Crippen molar-refractivity contribution in [2.75, 3.05) is 6.54 Å². The van der Waals surface area contributed by atoms with Crippen LogP contribution in [0.25, 0.3) is 0 Å². The minimum atomic E-state index is -4.26. The summed E-state index contributed by atoms with van der Waals surface area (Å²) in [6.07, 6.45) is 0. The molecule has 9 heteroatoms. The lowest BCUT2D eigenvalue weighted by Gasteiger charge is -2.14. The van der Waals surface area contributed by atoms with Crippen LogP contribution in [-0.2, 0) is 21.4 Å². The minimum absolute atomic E-state index is 0.105. The highest BCUT2D eigenvalue weighted by molar-refractivity contribution is 7.90. The molecular formula is C17H12FN3O4S. The molecule has 0 aliphatic carbocycles. The van der Waals surface area contributed by atoms with Gasteiger partial charge in [-0.15, -0.1) is 0 Å². The maximum Gasteiger partial charge on any atom is 0.269 e. The van der Waals surface area contributed by atoms with Crippen molar-refractivity contribution in [1.29, 1.82) is 5.26 Å². The first-order valence-electron chi connectivity index (χ1n) is 7.45. The van der Waals surface area contributed by atoms with Gasteiger partial charge >= 0.3 is 0 Å². The number of hydrogen-bond donors (Lipinski definition) is 1. The number of nitriles is 1. The molecule has 0 radical (unpaired) electrons. The molecule has 0 aromatic heterocycles. The van der Waals surface area contributed by atoms with Gasteiger partial charge in [-0.25, -0.2) is 17.1 Å². The number of amides is 2. The summed E-state index contributed by atoms with van der Waals surface area (Å²) in [6.45, 7) is -0.595. The molecule has 0 saturated heterocycles. The molecule has 7 nitrogen and oxygen atoms in total. The van der Waals surface area contributed by atoms with Crippen LogP contribution >= 0.6 is 0 Å². The third kappa shape index (κ3) is 3.14. The molecule has 0 spiro atoms. The number of fused-ring (bicyclic) bond motifs is 1. The number of carbonyl (C=O) groups is 2. The number of halogens is 1. The lowest BCUT2D eigenvalue weighted by molar-refractivity contribution is -0.121. The zero-order valence-corrected chi connectivity index (χ0v) is 14.1. The van der Waals surface area contributed by atoms with Gasteiger partial charge in [0.15, 0.2) is 0 Å². The molecule has 0 atom stereocenters. The Morgan fingerprint density at radius 3 is 2.54 bits per heavy atom. The Kier molecular flexibility index (Phi) is 4.44.